The minimum Gasteiger partial charge on any atom is -0.367 e. The molecule has 4 heteroatoms. The fourth-order valence-corrected chi connectivity index (χ4v) is 2.11. The molecule has 0 radical (unpaired) electrons. The molecule has 1 rings (SSSR count). The molecule has 0 unspecified atom stereocenters. The molecule has 1 heterocycles. The van der Waals surface area contributed by atoms with Crippen LogP contribution in [0.3, 0.4) is 0 Å². The number of hydrogen-bond donors (Lipinski definition) is 1. The monoisotopic (exact) mass is 265 g/mol. The average Bonchev–Trinajstić information content (AvgIpc) is 2.43. The van der Waals surface area contributed by atoms with Gasteiger partial charge in [0.25, 0.3) is 0 Å². The second-order valence-electron chi connectivity index (χ2n) is 5.08. The van der Waals surface area contributed by atoms with Crippen molar-refractivity contribution in [3.05, 3.63) is 23.8 Å². The van der Waals surface area contributed by atoms with E-state index >= 15 is 0 Å². The normalized spacial score (nSPS) is 12.1. The number of ether oxygens (including phenoxy) is 1. The van der Waals surface area contributed by atoms with Crippen LogP contribution in [0, 0.1) is 0 Å². The number of nitrogens with zero attached hydrogens (tertiary/aromatic N) is 2. The second-order valence-corrected chi connectivity index (χ2v) is 5.08. The van der Waals surface area contributed by atoms with Crippen LogP contribution in [-0.2, 0) is 16.9 Å². The molecular weight excluding hydrogens is 238 g/mol. The SMILES string of the molecule is CCOC(CC)(CC)c1ncc(CNC(C)C)cn1. The number of aromatic nitrogens is 2. The molecule has 0 aromatic carbocycles. The average molecular weight is 265 g/mol. The van der Waals surface area contributed by atoms with E-state index in [9.17, 15) is 0 Å². The van der Waals surface area contributed by atoms with Gasteiger partial charge in [0.05, 0.1) is 0 Å². The lowest BCUT2D eigenvalue weighted by Gasteiger charge is -2.29. The first-order valence-corrected chi connectivity index (χ1v) is 7.26. The Labute approximate surface area is 117 Å². The van der Waals surface area contributed by atoms with Crippen LogP contribution in [0.5, 0.6) is 0 Å². The Kier molecular flexibility index (Phi) is 6.38. The molecule has 0 fully saturated rings. The van der Waals surface area contributed by atoms with E-state index in [0.717, 1.165) is 30.8 Å². The number of hydrogen-bond acceptors (Lipinski definition) is 4. The zero-order valence-corrected chi connectivity index (χ0v) is 12.9. The topological polar surface area (TPSA) is 47.0 Å². The predicted molar refractivity (Wildman–Crippen MR) is 77.9 cm³/mol. The largest absolute Gasteiger partial charge is 0.367 e. The van der Waals surface area contributed by atoms with Gasteiger partial charge in [0.15, 0.2) is 5.82 Å². The highest BCUT2D eigenvalue weighted by Crippen LogP contribution is 2.30. The lowest BCUT2D eigenvalue weighted by molar-refractivity contribution is -0.0572. The summed E-state index contributed by atoms with van der Waals surface area (Å²) in [6.45, 7) is 12.0. The molecule has 1 aromatic rings. The van der Waals surface area contributed by atoms with Crippen LogP contribution in [0.15, 0.2) is 12.4 Å². The van der Waals surface area contributed by atoms with Crippen molar-refractivity contribution in [2.75, 3.05) is 6.61 Å². The maximum atomic E-state index is 5.91. The highest BCUT2D eigenvalue weighted by Gasteiger charge is 2.31. The third-order valence-electron chi connectivity index (χ3n) is 3.39. The van der Waals surface area contributed by atoms with Gasteiger partial charge in [0.1, 0.15) is 5.60 Å². The van der Waals surface area contributed by atoms with E-state index in [4.69, 9.17) is 4.74 Å². The summed E-state index contributed by atoms with van der Waals surface area (Å²) in [4.78, 5) is 9.03. The molecule has 108 valence electrons. The summed E-state index contributed by atoms with van der Waals surface area (Å²) in [6.07, 6.45) is 5.58. The maximum Gasteiger partial charge on any atom is 0.160 e. The Morgan fingerprint density at radius 2 is 1.74 bits per heavy atom. The fraction of sp³-hybridized carbons (Fsp3) is 0.733. The summed E-state index contributed by atoms with van der Waals surface area (Å²) in [7, 11) is 0. The molecule has 0 amide bonds. The summed E-state index contributed by atoms with van der Waals surface area (Å²) in [5.74, 6) is 0.799. The van der Waals surface area contributed by atoms with E-state index in [1.54, 1.807) is 0 Å². The van der Waals surface area contributed by atoms with Crippen LogP contribution in [0.1, 0.15) is 58.8 Å². The van der Waals surface area contributed by atoms with Gasteiger partial charge in [-0.25, -0.2) is 9.97 Å². The Morgan fingerprint density at radius 1 is 1.16 bits per heavy atom. The summed E-state index contributed by atoms with van der Waals surface area (Å²) in [5, 5.41) is 3.36. The molecule has 19 heavy (non-hydrogen) atoms. The predicted octanol–water partition coefficient (Wildman–Crippen LogP) is 3.03. The summed E-state index contributed by atoms with van der Waals surface area (Å²) in [6, 6.07) is 0.466. The molecule has 0 aliphatic carbocycles. The van der Waals surface area contributed by atoms with E-state index in [0.29, 0.717) is 12.6 Å². The van der Waals surface area contributed by atoms with Gasteiger partial charge in [-0.15, -0.1) is 0 Å². The molecule has 0 atom stereocenters. The van der Waals surface area contributed by atoms with Crippen molar-refractivity contribution >= 4 is 0 Å². The van der Waals surface area contributed by atoms with Crippen molar-refractivity contribution in [1.82, 2.24) is 15.3 Å². The zero-order valence-electron chi connectivity index (χ0n) is 12.9. The Morgan fingerprint density at radius 3 is 2.16 bits per heavy atom. The highest BCUT2D eigenvalue weighted by molar-refractivity contribution is 5.09. The van der Waals surface area contributed by atoms with Gasteiger partial charge in [-0.3, -0.25) is 0 Å². The van der Waals surface area contributed by atoms with E-state index in [-0.39, 0.29) is 5.60 Å². The van der Waals surface area contributed by atoms with Crippen molar-refractivity contribution in [3.8, 4) is 0 Å². The molecule has 0 spiro atoms. The minimum atomic E-state index is -0.335. The van der Waals surface area contributed by atoms with E-state index in [1.165, 1.54) is 0 Å². The van der Waals surface area contributed by atoms with Crippen LogP contribution in [0.4, 0.5) is 0 Å². The first-order chi connectivity index (χ1) is 9.07. The zero-order chi connectivity index (χ0) is 14.3. The van der Waals surface area contributed by atoms with Gasteiger partial charge < -0.3 is 10.1 Å². The number of nitrogens with one attached hydrogen (secondary N) is 1. The van der Waals surface area contributed by atoms with Gasteiger partial charge in [-0.05, 0) is 19.8 Å². The van der Waals surface area contributed by atoms with Gasteiger partial charge in [-0.1, -0.05) is 27.7 Å². The van der Waals surface area contributed by atoms with Gasteiger partial charge in [0, 0.05) is 37.2 Å². The molecule has 0 bridgehead atoms. The maximum absolute atomic E-state index is 5.91. The van der Waals surface area contributed by atoms with E-state index in [2.05, 4.69) is 43.0 Å². The summed E-state index contributed by atoms with van der Waals surface area (Å²) < 4.78 is 5.91. The molecule has 0 aliphatic rings. The van der Waals surface area contributed by atoms with Crippen LogP contribution >= 0.6 is 0 Å². The second kappa shape index (κ2) is 7.56. The standard InChI is InChI=1S/C15H27N3O/c1-6-15(7-2,19-8-3)14-17-10-13(11-18-14)9-16-12(4)5/h10-12,16H,6-9H2,1-5H3. The molecule has 0 saturated heterocycles. The number of rotatable bonds is 8. The lowest BCUT2D eigenvalue weighted by Crippen LogP contribution is -2.31. The summed E-state index contributed by atoms with van der Waals surface area (Å²) in [5.41, 5.74) is 0.772. The first-order valence-electron chi connectivity index (χ1n) is 7.26. The first kappa shape index (κ1) is 16.1. The van der Waals surface area contributed by atoms with Crippen molar-refractivity contribution in [1.29, 1.82) is 0 Å². The van der Waals surface area contributed by atoms with Gasteiger partial charge >= 0.3 is 0 Å². The van der Waals surface area contributed by atoms with Crippen molar-refractivity contribution < 1.29 is 4.74 Å². The highest BCUT2D eigenvalue weighted by atomic mass is 16.5. The Balaban J connectivity index is 2.83. The molecule has 4 nitrogen and oxygen atoms in total. The molecular formula is C15H27N3O. The molecule has 0 saturated carbocycles. The van der Waals surface area contributed by atoms with Crippen LogP contribution < -0.4 is 5.32 Å². The quantitative estimate of drug-likeness (QED) is 0.785. The third kappa shape index (κ3) is 4.25. The summed E-state index contributed by atoms with van der Waals surface area (Å²) >= 11 is 0. The van der Waals surface area contributed by atoms with Gasteiger partial charge in [0.2, 0.25) is 0 Å². The van der Waals surface area contributed by atoms with Crippen molar-refractivity contribution in [2.45, 2.75) is 65.6 Å². The molecule has 1 aromatic heterocycles. The van der Waals surface area contributed by atoms with Crippen molar-refractivity contribution in [3.63, 3.8) is 0 Å². The minimum absolute atomic E-state index is 0.335. The Bertz CT molecular complexity index is 358. The van der Waals surface area contributed by atoms with E-state index < -0.39 is 0 Å². The molecule has 1 N–H and O–H groups in total. The van der Waals surface area contributed by atoms with Crippen LogP contribution in [-0.4, -0.2) is 22.6 Å². The lowest BCUT2D eigenvalue weighted by atomic mass is 9.96. The molecule has 0 aliphatic heterocycles. The van der Waals surface area contributed by atoms with Crippen molar-refractivity contribution in [2.24, 2.45) is 0 Å². The van der Waals surface area contributed by atoms with Gasteiger partial charge in [-0.2, -0.15) is 0 Å². The van der Waals surface area contributed by atoms with Crippen LogP contribution in [0.2, 0.25) is 0 Å². The van der Waals surface area contributed by atoms with Crippen LogP contribution in [0.25, 0.3) is 0 Å². The van der Waals surface area contributed by atoms with E-state index in [1.807, 2.05) is 19.3 Å². The fourth-order valence-electron chi connectivity index (χ4n) is 2.11. The third-order valence-corrected chi connectivity index (χ3v) is 3.39. The smallest absolute Gasteiger partial charge is 0.160 e. The Hall–Kier alpha value is -1.00.